The predicted molar refractivity (Wildman–Crippen MR) is 158 cm³/mol. The molecule has 0 saturated carbocycles. The molecular weight excluding hydrogens is 514 g/mol. The normalized spacial score (nSPS) is 14.1. The molecule has 0 aliphatic heterocycles. The zero-order chi connectivity index (χ0) is 29.7. The van der Waals surface area contributed by atoms with Crippen LogP contribution in [0.3, 0.4) is 0 Å². The van der Waals surface area contributed by atoms with Gasteiger partial charge in [0.05, 0.1) is 10.7 Å². The first-order chi connectivity index (χ1) is 18.0. The molecule has 2 rings (SSSR count). The second-order valence-electron chi connectivity index (χ2n) is 12.1. The molecule has 39 heavy (non-hydrogen) atoms. The smallest absolute Gasteiger partial charge is 0.408 e. The van der Waals surface area contributed by atoms with Crippen LogP contribution in [0.25, 0.3) is 0 Å². The Hall–Kier alpha value is -3.06. The molecular formula is C31H44ClN3O4. The highest BCUT2D eigenvalue weighted by Gasteiger charge is 2.43. The molecule has 0 fully saturated rings. The number of halogens is 1. The SMILES string of the molecule is CCC(C)C(NC(=O)OC(C)(C)C)C(=O)N(C(C(=O)Nc1c(C)cccc1Cl)c1ccccc1C)C(C)(C)C. The predicted octanol–water partition coefficient (Wildman–Crippen LogP) is 7.20. The molecule has 7 nitrogen and oxygen atoms in total. The van der Waals surface area contributed by atoms with Crippen molar-refractivity contribution in [2.24, 2.45) is 5.92 Å². The zero-order valence-corrected chi connectivity index (χ0v) is 25.7. The number of benzene rings is 2. The molecule has 0 heterocycles. The van der Waals surface area contributed by atoms with Gasteiger partial charge >= 0.3 is 6.09 Å². The fourth-order valence-electron chi connectivity index (χ4n) is 4.39. The van der Waals surface area contributed by atoms with E-state index in [0.717, 1.165) is 11.1 Å². The average molecular weight is 558 g/mol. The fourth-order valence-corrected chi connectivity index (χ4v) is 4.65. The average Bonchev–Trinajstić information content (AvgIpc) is 2.81. The van der Waals surface area contributed by atoms with Crippen LogP contribution in [-0.2, 0) is 14.3 Å². The van der Waals surface area contributed by atoms with Gasteiger partial charge in [0.15, 0.2) is 0 Å². The summed E-state index contributed by atoms with van der Waals surface area (Å²) in [6, 6.07) is 11.0. The van der Waals surface area contributed by atoms with Crippen molar-refractivity contribution in [1.82, 2.24) is 10.2 Å². The van der Waals surface area contributed by atoms with Gasteiger partial charge < -0.3 is 20.3 Å². The molecule has 214 valence electrons. The van der Waals surface area contributed by atoms with Gasteiger partial charge in [-0.05, 0) is 84.1 Å². The maximum atomic E-state index is 14.5. The Bertz CT molecular complexity index is 1160. The Morgan fingerprint density at radius 2 is 1.54 bits per heavy atom. The Morgan fingerprint density at radius 1 is 0.949 bits per heavy atom. The first-order valence-corrected chi connectivity index (χ1v) is 13.8. The minimum atomic E-state index is -0.999. The van der Waals surface area contributed by atoms with Gasteiger partial charge in [-0.2, -0.15) is 0 Å². The molecule has 0 aliphatic rings. The van der Waals surface area contributed by atoms with E-state index in [1.807, 2.05) is 84.9 Å². The molecule has 2 N–H and O–H groups in total. The lowest BCUT2D eigenvalue weighted by Crippen LogP contribution is -2.59. The number of anilines is 1. The molecule has 0 radical (unpaired) electrons. The van der Waals surface area contributed by atoms with Crippen LogP contribution in [0.15, 0.2) is 42.5 Å². The summed E-state index contributed by atoms with van der Waals surface area (Å²) >= 11 is 6.45. The van der Waals surface area contributed by atoms with Crippen LogP contribution in [0.4, 0.5) is 10.5 Å². The van der Waals surface area contributed by atoms with E-state index in [1.165, 1.54) is 0 Å². The molecule has 3 unspecified atom stereocenters. The number of para-hydroxylation sites is 1. The number of rotatable bonds is 8. The highest BCUT2D eigenvalue weighted by Crippen LogP contribution is 2.35. The van der Waals surface area contributed by atoms with Crippen LogP contribution < -0.4 is 10.6 Å². The van der Waals surface area contributed by atoms with Crippen LogP contribution in [-0.4, -0.2) is 40.0 Å². The molecule has 0 bridgehead atoms. The Labute approximate surface area is 238 Å². The van der Waals surface area contributed by atoms with Gasteiger partial charge in [0.1, 0.15) is 17.7 Å². The summed E-state index contributed by atoms with van der Waals surface area (Å²) in [5.74, 6) is -0.993. The van der Waals surface area contributed by atoms with Crippen molar-refractivity contribution in [3.63, 3.8) is 0 Å². The fraction of sp³-hybridized carbons (Fsp3) is 0.516. The van der Waals surface area contributed by atoms with E-state index >= 15 is 0 Å². The van der Waals surface area contributed by atoms with Crippen molar-refractivity contribution < 1.29 is 19.1 Å². The quantitative estimate of drug-likeness (QED) is 0.359. The van der Waals surface area contributed by atoms with Gasteiger partial charge in [-0.15, -0.1) is 0 Å². The second kappa shape index (κ2) is 12.9. The molecule has 2 aromatic carbocycles. The third-order valence-corrected chi connectivity index (χ3v) is 6.89. The largest absolute Gasteiger partial charge is 0.444 e. The first-order valence-electron chi connectivity index (χ1n) is 13.4. The second-order valence-corrected chi connectivity index (χ2v) is 12.5. The lowest BCUT2D eigenvalue weighted by molar-refractivity contribution is -0.148. The molecule has 0 spiro atoms. The Kier molecular flexibility index (Phi) is 10.6. The van der Waals surface area contributed by atoms with Gasteiger partial charge in [0.25, 0.3) is 5.91 Å². The van der Waals surface area contributed by atoms with Gasteiger partial charge in [-0.3, -0.25) is 9.59 Å². The topological polar surface area (TPSA) is 87.7 Å². The van der Waals surface area contributed by atoms with Gasteiger partial charge in [-0.1, -0.05) is 68.3 Å². The zero-order valence-electron chi connectivity index (χ0n) is 24.9. The van der Waals surface area contributed by atoms with Crippen LogP contribution in [0, 0.1) is 19.8 Å². The summed E-state index contributed by atoms with van der Waals surface area (Å²) < 4.78 is 5.48. The maximum absolute atomic E-state index is 14.5. The van der Waals surface area contributed by atoms with E-state index < -0.39 is 35.2 Å². The number of nitrogens with zero attached hydrogens (tertiary/aromatic N) is 1. The van der Waals surface area contributed by atoms with Crippen molar-refractivity contribution in [1.29, 1.82) is 0 Å². The van der Waals surface area contributed by atoms with Crippen LogP contribution in [0.1, 0.15) is 84.5 Å². The van der Waals surface area contributed by atoms with Gasteiger partial charge in [0.2, 0.25) is 5.91 Å². The van der Waals surface area contributed by atoms with E-state index in [0.29, 0.717) is 22.7 Å². The minimum absolute atomic E-state index is 0.221. The molecule has 0 saturated heterocycles. The standard InChI is InChI=1S/C31H44ClN3O4/c1-11-19(2)25(34-29(38)39-31(8,9)10)28(37)35(30(5,6)7)26(22-17-13-12-15-20(22)3)27(36)33-24-21(4)16-14-18-23(24)32/h12-19,25-26H,11H2,1-10H3,(H,33,36)(H,34,38). The summed E-state index contributed by atoms with van der Waals surface area (Å²) in [6.45, 7) is 18.6. The van der Waals surface area contributed by atoms with E-state index in [2.05, 4.69) is 10.6 Å². The number of alkyl carbamates (subject to hydrolysis) is 1. The van der Waals surface area contributed by atoms with E-state index in [4.69, 9.17) is 16.3 Å². The van der Waals surface area contributed by atoms with Gasteiger partial charge in [-0.25, -0.2) is 4.79 Å². The summed E-state index contributed by atoms with van der Waals surface area (Å²) in [4.78, 5) is 43.0. The van der Waals surface area contributed by atoms with Crippen molar-refractivity contribution in [2.75, 3.05) is 5.32 Å². The number of hydrogen-bond acceptors (Lipinski definition) is 4. The van der Waals surface area contributed by atoms with E-state index in [9.17, 15) is 14.4 Å². The first kappa shape index (κ1) is 32.2. The lowest BCUT2D eigenvalue weighted by Gasteiger charge is -2.44. The molecule has 2 aromatic rings. The molecule has 3 amide bonds. The summed E-state index contributed by atoms with van der Waals surface area (Å²) in [7, 11) is 0. The number of amides is 3. The van der Waals surface area contributed by atoms with Crippen LogP contribution in [0.2, 0.25) is 5.02 Å². The molecule has 3 atom stereocenters. The number of carbonyl (C=O) groups excluding carboxylic acids is 3. The number of aryl methyl sites for hydroxylation is 2. The molecule has 0 aliphatic carbocycles. The summed E-state index contributed by atoms with van der Waals surface area (Å²) in [6.07, 6.45) is -0.0527. The van der Waals surface area contributed by atoms with Crippen molar-refractivity contribution in [3.8, 4) is 0 Å². The molecule has 8 heteroatoms. The third-order valence-electron chi connectivity index (χ3n) is 6.57. The van der Waals surface area contributed by atoms with Crippen molar-refractivity contribution in [2.45, 2.75) is 98.9 Å². The highest BCUT2D eigenvalue weighted by molar-refractivity contribution is 6.34. The van der Waals surface area contributed by atoms with Crippen molar-refractivity contribution >= 4 is 35.2 Å². The number of carbonyl (C=O) groups is 3. The number of hydrogen-bond donors (Lipinski definition) is 2. The summed E-state index contributed by atoms with van der Waals surface area (Å²) in [5.41, 5.74) is 1.32. The highest BCUT2D eigenvalue weighted by atomic mass is 35.5. The third kappa shape index (κ3) is 8.46. The van der Waals surface area contributed by atoms with Crippen LogP contribution in [0.5, 0.6) is 0 Å². The maximum Gasteiger partial charge on any atom is 0.408 e. The summed E-state index contributed by atoms with van der Waals surface area (Å²) in [5, 5.41) is 6.20. The minimum Gasteiger partial charge on any atom is -0.444 e. The molecule has 0 aromatic heterocycles. The number of ether oxygens (including phenoxy) is 1. The Balaban J connectivity index is 2.67. The van der Waals surface area contributed by atoms with Crippen LogP contribution >= 0.6 is 11.6 Å². The van der Waals surface area contributed by atoms with Crippen molar-refractivity contribution in [3.05, 3.63) is 64.2 Å². The Morgan fingerprint density at radius 3 is 2.05 bits per heavy atom. The monoisotopic (exact) mass is 557 g/mol. The van der Waals surface area contributed by atoms with E-state index in [-0.39, 0.29) is 11.8 Å². The van der Waals surface area contributed by atoms with E-state index in [1.54, 1.807) is 31.7 Å². The number of nitrogens with one attached hydrogen (secondary N) is 2. The lowest BCUT2D eigenvalue weighted by atomic mass is 9.90. The van der Waals surface area contributed by atoms with Gasteiger partial charge in [0, 0.05) is 5.54 Å².